The number of hydrogen-bond donors (Lipinski definition) is 1. The Labute approximate surface area is 147 Å². The molecule has 0 atom stereocenters. The Hall–Kier alpha value is -2.19. The lowest BCUT2D eigenvalue weighted by Crippen LogP contribution is -2.27. The maximum absolute atomic E-state index is 11.7. The van der Waals surface area contributed by atoms with Gasteiger partial charge in [0.15, 0.2) is 0 Å². The molecule has 25 heavy (non-hydrogen) atoms. The van der Waals surface area contributed by atoms with Crippen LogP contribution in [0.1, 0.15) is 32.8 Å². The Morgan fingerprint density at radius 1 is 1.20 bits per heavy atom. The van der Waals surface area contributed by atoms with Crippen LogP contribution in [-0.4, -0.2) is 38.1 Å². The maximum atomic E-state index is 11.7. The number of benzene rings is 1. The minimum atomic E-state index is -4.30. The Balaban J connectivity index is 2.47. The van der Waals surface area contributed by atoms with E-state index in [1.165, 1.54) is 24.3 Å². The molecular formula is C17H22O7S. The van der Waals surface area contributed by atoms with Crippen molar-refractivity contribution < 1.29 is 32.0 Å². The molecule has 1 N–H and O–H groups in total. The van der Waals surface area contributed by atoms with Crippen molar-refractivity contribution in [3.05, 3.63) is 35.9 Å². The van der Waals surface area contributed by atoms with Gasteiger partial charge in [-0.3, -0.25) is 9.35 Å². The fourth-order valence-corrected chi connectivity index (χ4v) is 2.14. The monoisotopic (exact) mass is 370 g/mol. The molecule has 0 saturated heterocycles. The van der Waals surface area contributed by atoms with Gasteiger partial charge >= 0.3 is 11.9 Å². The number of esters is 2. The summed E-state index contributed by atoms with van der Waals surface area (Å²) in [7, 11) is -4.30. The van der Waals surface area contributed by atoms with E-state index in [9.17, 15) is 18.0 Å². The fourth-order valence-electron chi connectivity index (χ4n) is 1.61. The highest BCUT2D eigenvalue weighted by atomic mass is 32.2. The van der Waals surface area contributed by atoms with Crippen molar-refractivity contribution in [1.82, 2.24) is 0 Å². The summed E-state index contributed by atoms with van der Waals surface area (Å²) in [6, 6.07) is 5.45. The summed E-state index contributed by atoms with van der Waals surface area (Å²) in [5.41, 5.74) is -0.176. The van der Waals surface area contributed by atoms with Crippen molar-refractivity contribution >= 4 is 28.1 Å². The van der Waals surface area contributed by atoms with Gasteiger partial charge in [-0.25, -0.2) is 4.79 Å². The highest BCUT2D eigenvalue weighted by Gasteiger charge is 2.26. The SMILES string of the molecule is CCC(C)(C)C(=O)OCCOC(=O)/C=C/c1cccc(S(=O)(=O)O)c1. The van der Waals surface area contributed by atoms with Crippen LogP contribution in [0, 0.1) is 5.41 Å². The number of ether oxygens (including phenoxy) is 2. The highest BCUT2D eigenvalue weighted by molar-refractivity contribution is 7.85. The van der Waals surface area contributed by atoms with Crippen molar-refractivity contribution in [1.29, 1.82) is 0 Å². The Morgan fingerprint density at radius 3 is 2.44 bits per heavy atom. The first-order valence-electron chi connectivity index (χ1n) is 7.66. The average Bonchev–Trinajstić information content (AvgIpc) is 2.56. The van der Waals surface area contributed by atoms with Gasteiger partial charge < -0.3 is 9.47 Å². The van der Waals surface area contributed by atoms with Crippen LogP contribution >= 0.6 is 0 Å². The van der Waals surface area contributed by atoms with Crippen LogP contribution in [0.2, 0.25) is 0 Å². The summed E-state index contributed by atoms with van der Waals surface area (Å²) in [5, 5.41) is 0. The van der Waals surface area contributed by atoms with Gasteiger partial charge in [0.2, 0.25) is 0 Å². The second-order valence-corrected chi connectivity index (χ2v) is 7.34. The summed E-state index contributed by atoms with van der Waals surface area (Å²) >= 11 is 0. The maximum Gasteiger partial charge on any atom is 0.330 e. The molecule has 0 bridgehead atoms. The van der Waals surface area contributed by atoms with E-state index >= 15 is 0 Å². The van der Waals surface area contributed by atoms with Crippen molar-refractivity contribution in [3.8, 4) is 0 Å². The van der Waals surface area contributed by atoms with Crippen LogP contribution in [0.5, 0.6) is 0 Å². The number of carbonyl (C=O) groups is 2. The Bertz CT molecular complexity index is 748. The third-order valence-electron chi connectivity index (χ3n) is 3.57. The van der Waals surface area contributed by atoms with E-state index in [0.717, 1.165) is 6.08 Å². The summed E-state index contributed by atoms with van der Waals surface area (Å²) in [4.78, 5) is 23.0. The molecule has 0 amide bonds. The van der Waals surface area contributed by atoms with Gasteiger partial charge in [-0.1, -0.05) is 19.1 Å². The van der Waals surface area contributed by atoms with Crippen LogP contribution in [-0.2, 0) is 29.2 Å². The first kappa shape index (κ1) is 20.9. The van der Waals surface area contributed by atoms with Gasteiger partial charge in [0.05, 0.1) is 10.3 Å². The highest BCUT2D eigenvalue weighted by Crippen LogP contribution is 2.21. The summed E-state index contributed by atoms with van der Waals surface area (Å²) in [6.45, 7) is 5.29. The number of rotatable bonds is 8. The smallest absolute Gasteiger partial charge is 0.330 e. The first-order chi connectivity index (χ1) is 11.6. The second-order valence-electron chi connectivity index (χ2n) is 5.92. The minimum absolute atomic E-state index is 0.0416. The molecule has 1 aromatic rings. The van der Waals surface area contributed by atoms with E-state index in [-0.39, 0.29) is 24.1 Å². The zero-order chi connectivity index (χ0) is 19.1. The van der Waals surface area contributed by atoms with Crippen molar-refractivity contribution in [2.45, 2.75) is 32.1 Å². The third kappa shape index (κ3) is 7.06. The van der Waals surface area contributed by atoms with Gasteiger partial charge in [-0.2, -0.15) is 8.42 Å². The predicted molar refractivity (Wildman–Crippen MR) is 91.3 cm³/mol. The van der Waals surface area contributed by atoms with E-state index in [2.05, 4.69) is 0 Å². The average molecular weight is 370 g/mol. The molecular weight excluding hydrogens is 348 g/mol. The van der Waals surface area contributed by atoms with E-state index in [0.29, 0.717) is 12.0 Å². The largest absolute Gasteiger partial charge is 0.462 e. The number of hydrogen-bond acceptors (Lipinski definition) is 6. The molecule has 0 unspecified atom stereocenters. The fraction of sp³-hybridized carbons (Fsp3) is 0.412. The molecule has 1 aromatic carbocycles. The topological polar surface area (TPSA) is 107 Å². The lowest BCUT2D eigenvalue weighted by Gasteiger charge is -2.20. The van der Waals surface area contributed by atoms with Crippen LogP contribution in [0.4, 0.5) is 0 Å². The third-order valence-corrected chi connectivity index (χ3v) is 4.41. The van der Waals surface area contributed by atoms with Gasteiger partial charge in [-0.05, 0) is 44.0 Å². The van der Waals surface area contributed by atoms with Gasteiger partial charge in [0.25, 0.3) is 10.1 Å². The van der Waals surface area contributed by atoms with Crippen LogP contribution in [0.15, 0.2) is 35.2 Å². The summed E-state index contributed by atoms with van der Waals surface area (Å²) in [5.74, 6) is -1.02. The zero-order valence-corrected chi connectivity index (χ0v) is 15.2. The Morgan fingerprint density at radius 2 is 1.84 bits per heavy atom. The van der Waals surface area contributed by atoms with E-state index < -0.39 is 21.5 Å². The zero-order valence-electron chi connectivity index (χ0n) is 14.4. The molecule has 0 radical (unpaired) electrons. The molecule has 138 valence electrons. The molecule has 0 fully saturated rings. The molecule has 0 aliphatic rings. The Kier molecular flexibility index (Phi) is 7.32. The molecule has 0 spiro atoms. The van der Waals surface area contributed by atoms with Crippen LogP contribution in [0.3, 0.4) is 0 Å². The normalized spacial score (nSPS) is 12.2. The van der Waals surface area contributed by atoms with E-state index in [1.54, 1.807) is 19.9 Å². The standard InChI is InChI=1S/C17H22O7S/c1-4-17(2,3)16(19)24-11-10-23-15(18)9-8-13-6-5-7-14(12-13)25(20,21)22/h5-9,12H,4,10-11H2,1-3H3,(H,20,21,22)/b9-8+. The minimum Gasteiger partial charge on any atom is -0.462 e. The first-order valence-corrected chi connectivity index (χ1v) is 9.10. The molecule has 1 rings (SSSR count). The van der Waals surface area contributed by atoms with Crippen LogP contribution < -0.4 is 0 Å². The molecule has 0 heterocycles. The molecule has 0 aromatic heterocycles. The lowest BCUT2D eigenvalue weighted by molar-refractivity contribution is -0.157. The van der Waals surface area contributed by atoms with E-state index in [4.69, 9.17) is 14.0 Å². The lowest BCUT2D eigenvalue weighted by atomic mass is 9.91. The molecule has 8 heteroatoms. The van der Waals surface area contributed by atoms with Gasteiger partial charge in [0, 0.05) is 6.08 Å². The number of carbonyl (C=O) groups excluding carboxylic acids is 2. The molecule has 0 aliphatic heterocycles. The van der Waals surface area contributed by atoms with Gasteiger partial charge in [0.1, 0.15) is 13.2 Å². The summed E-state index contributed by atoms with van der Waals surface area (Å²) < 4.78 is 41.0. The molecule has 7 nitrogen and oxygen atoms in total. The summed E-state index contributed by atoms with van der Waals surface area (Å²) in [6.07, 6.45) is 3.10. The predicted octanol–water partition coefficient (Wildman–Crippen LogP) is 2.47. The molecule has 0 saturated carbocycles. The second kappa shape index (κ2) is 8.77. The van der Waals surface area contributed by atoms with Gasteiger partial charge in [-0.15, -0.1) is 0 Å². The molecule has 0 aliphatic carbocycles. The van der Waals surface area contributed by atoms with Crippen molar-refractivity contribution in [2.24, 2.45) is 5.41 Å². The van der Waals surface area contributed by atoms with Crippen molar-refractivity contribution in [3.63, 3.8) is 0 Å². The van der Waals surface area contributed by atoms with Crippen LogP contribution in [0.25, 0.3) is 6.08 Å². The van der Waals surface area contributed by atoms with E-state index in [1.807, 2.05) is 6.92 Å². The van der Waals surface area contributed by atoms with Crippen molar-refractivity contribution in [2.75, 3.05) is 13.2 Å². The quantitative estimate of drug-likeness (QED) is 0.324.